The second-order valence-electron chi connectivity index (χ2n) is 7.65. The normalized spacial score (nSPS) is 19.2. The van der Waals surface area contributed by atoms with Gasteiger partial charge in [-0.3, -0.25) is 9.59 Å². The number of aryl methyl sites for hydroxylation is 1. The van der Waals surface area contributed by atoms with Crippen LogP contribution < -0.4 is 10.2 Å². The molecule has 2 N–H and O–H groups in total. The molecule has 0 aliphatic carbocycles. The van der Waals surface area contributed by atoms with E-state index in [1.54, 1.807) is 12.1 Å². The largest absolute Gasteiger partial charge is 0.349 e. The summed E-state index contributed by atoms with van der Waals surface area (Å²) in [6.07, 6.45) is 3.23. The Morgan fingerprint density at radius 1 is 1.07 bits per heavy atom. The van der Waals surface area contributed by atoms with Crippen molar-refractivity contribution in [3.05, 3.63) is 71.0 Å². The number of carbonyl (C=O) groups excluding carboxylic acids is 2. The van der Waals surface area contributed by atoms with Crippen LogP contribution in [0.25, 0.3) is 0 Å². The molecule has 1 fully saturated rings. The van der Waals surface area contributed by atoms with E-state index in [9.17, 15) is 14.0 Å². The lowest BCUT2D eigenvalue weighted by molar-refractivity contribution is -0.905. The molecule has 1 aliphatic rings. The molecular formula is C23H28FN2O2+. The number of ketones is 1. The van der Waals surface area contributed by atoms with Crippen molar-refractivity contribution >= 4 is 11.7 Å². The molecule has 0 spiro atoms. The number of benzene rings is 2. The Balaban J connectivity index is 1.36. The number of hydrogen-bond acceptors (Lipinski definition) is 2. The molecule has 28 heavy (non-hydrogen) atoms. The molecule has 3 rings (SSSR count). The van der Waals surface area contributed by atoms with Crippen LogP contribution in [0.4, 0.5) is 4.39 Å². The van der Waals surface area contributed by atoms with Gasteiger partial charge in [0, 0.05) is 42.9 Å². The van der Waals surface area contributed by atoms with Crippen molar-refractivity contribution < 1.29 is 18.9 Å². The first kappa shape index (κ1) is 20.2. The van der Waals surface area contributed by atoms with Crippen LogP contribution in [-0.2, 0) is 0 Å². The summed E-state index contributed by atoms with van der Waals surface area (Å²) in [6, 6.07) is 13.6. The number of quaternary nitrogens is 1. The lowest BCUT2D eigenvalue weighted by Crippen LogP contribution is -3.13. The smallest absolute Gasteiger partial charge is 0.251 e. The molecule has 1 aliphatic heterocycles. The van der Waals surface area contributed by atoms with Gasteiger partial charge < -0.3 is 10.2 Å². The Kier molecular flexibility index (Phi) is 6.93. The molecule has 1 amide bonds. The lowest BCUT2D eigenvalue weighted by atomic mass is 10.0. The Morgan fingerprint density at radius 2 is 1.79 bits per heavy atom. The predicted octanol–water partition coefficient (Wildman–Crippen LogP) is 2.57. The SMILES string of the molecule is Cc1cccc(C(=O)NC2CC[NH+](CCCC(=O)c3ccc(F)cc3)CC2)c1. The number of amides is 1. The van der Waals surface area contributed by atoms with Crippen LogP contribution in [0.3, 0.4) is 0 Å². The van der Waals surface area contributed by atoms with Crippen LogP contribution in [0.15, 0.2) is 48.5 Å². The minimum Gasteiger partial charge on any atom is -0.349 e. The summed E-state index contributed by atoms with van der Waals surface area (Å²) in [5, 5.41) is 3.15. The number of piperidine rings is 1. The van der Waals surface area contributed by atoms with E-state index in [1.807, 2.05) is 31.2 Å². The zero-order valence-electron chi connectivity index (χ0n) is 16.3. The Hall–Kier alpha value is -2.53. The summed E-state index contributed by atoms with van der Waals surface area (Å²) in [5.41, 5.74) is 2.38. The Morgan fingerprint density at radius 3 is 2.46 bits per heavy atom. The van der Waals surface area contributed by atoms with Gasteiger partial charge in [0.1, 0.15) is 5.82 Å². The molecule has 4 nitrogen and oxygen atoms in total. The molecule has 0 bridgehead atoms. The number of hydrogen-bond donors (Lipinski definition) is 2. The molecule has 2 aromatic rings. The van der Waals surface area contributed by atoms with E-state index in [-0.39, 0.29) is 23.5 Å². The van der Waals surface area contributed by atoms with Gasteiger partial charge in [0.2, 0.25) is 0 Å². The Bertz CT molecular complexity index is 812. The van der Waals surface area contributed by atoms with Gasteiger partial charge in [-0.05, 0) is 43.3 Å². The van der Waals surface area contributed by atoms with Gasteiger partial charge in [0.15, 0.2) is 5.78 Å². The number of rotatable bonds is 7. The van der Waals surface area contributed by atoms with E-state index in [2.05, 4.69) is 5.32 Å². The molecule has 0 saturated carbocycles. The maximum absolute atomic E-state index is 12.9. The van der Waals surface area contributed by atoms with Crippen LogP contribution in [0.5, 0.6) is 0 Å². The number of Topliss-reactive ketones (excluding diaryl/α,β-unsaturated/α-hetero) is 1. The van der Waals surface area contributed by atoms with E-state index in [1.165, 1.54) is 17.0 Å². The third kappa shape index (κ3) is 5.73. The van der Waals surface area contributed by atoms with Crippen LogP contribution >= 0.6 is 0 Å². The van der Waals surface area contributed by atoms with E-state index in [0.29, 0.717) is 17.5 Å². The summed E-state index contributed by atoms with van der Waals surface area (Å²) in [7, 11) is 0. The van der Waals surface area contributed by atoms with E-state index in [0.717, 1.165) is 44.5 Å². The summed E-state index contributed by atoms with van der Waals surface area (Å²) in [5.74, 6) is -0.250. The predicted molar refractivity (Wildman–Crippen MR) is 107 cm³/mol. The molecule has 0 aromatic heterocycles. The second-order valence-corrected chi connectivity index (χ2v) is 7.65. The number of nitrogens with one attached hydrogen (secondary N) is 2. The summed E-state index contributed by atoms with van der Waals surface area (Å²) >= 11 is 0. The van der Waals surface area contributed by atoms with E-state index in [4.69, 9.17) is 0 Å². The fraction of sp³-hybridized carbons (Fsp3) is 0.391. The third-order valence-corrected chi connectivity index (χ3v) is 5.41. The summed E-state index contributed by atoms with van der Waals surface area (Å²) in [6.45, 7) is 4.94. The van der Waals surface area contributed by atoms with E-state index < -0.39 is 0 Å². The maximum Gasteiger partial charge on any atom is 0.251 e. The maximum atomic E-state index is 12.9. The van der Waals surface area contributed by atoms with Gasteiger partial charge in [0.25, 0.3) is 5.91 Å². The summed E-state index contributed by atoms with van der Waals surface area (Å²) < 4.78 is 12.9. The first-order valence-corrected chi connectivity index (χ1v) is 10.0. The monoisotopic (exact) mass is 383 g/mol. The van der Waals surface area contributed by atoms with Gasteiger partial charge in [-0.15, -0.1) is 0 Å². The molecule has 0 radical (unpaired) electrons. The van der Waals surface area contributed by atoms with Gasteiger partial charge in [-0.1, -0.05) is 17.7 Å². The van der Waals surface area contributed by atoms with Crippen LogP contribution in [0.2, 0.25) is 0 Å². The van der Waals surface area contributed by atoms with Gasteiger partial charge >= 0.3 is 0 Å². The highest BCUT2D eigenvalue weighted by Gasteiger charge is 2.23. The first-order valence-electron chi connectivity index (χ1n) is 10.0. The number of halogens is 1. The van der Waals surface area contributed by atoms with Crippen molar-refractivity contribution in [3.8, 4) is 0 Å². The van der Waals surface area contributed by atoms with Crippen molar-refractivity contribution in [2.45, 2.75) is 38.6 Å². The first-order chi connectivity index (χ1) is 13.5. The molecule has 0 unspecified atom stereocenters. The fourth-order valence-corrected chi connectivity index (χ4v) is 3.75. The molecule has 2 aromatic carbocycles. The van der Waals surface area contributed by atoms with Crippen LogP contribution in [-0.4, -0.2) is 37.4 Å². The number of carbonyl (C=O) groups is 2. The Labute approximate surface area is 165 Å². The molecule has 1 saturated heterocycles. The minimum atomic E-state index is -0.321. The quantitative estimate of drug-likeness (QED) is 0.722. The third-order valence-electron chi connectivity index (χ3n) is 5.41. The topological polar surface area (TPSA) is 50.6 Å². The fourth-order valence-electron chi connectivity index (χ4n) is 3.75. The highest BCUT2D eigenvalue weighted by molar-refractivity contribution is 5.96. The van der Waals surface area contributed by atoms with Crippen molar-refractivity contribution in [1.82, 2.24) is 5.32 Å². The average Bonchev–Trinajstić information content (AvgIpc) is 2.69. The standard InChI is InChI=1S/C23H27FN2O2/c1-17-4-2-5-19(16-17)23(28)25-21-11-14-26(15-12-21)13-3-6-22(27)18-7-9-20(24)10-8-18/h2,4-5,7-10,16,21H,3,6,11-15H2,1H3,(H,25,28)/p+1. The second kappa shape index (κ2) is 9.60. The van der Waals surface area contributed by atoms with Crippen molar-refractivity contribution in [2.75, 3.05) is 19.6 Å². The minimum absolute atomic E-state index is 0.00189. The molecular weight excluding hydrogens is 355 g/mol. The van der Waals surface area contributed by atoms with Gasteiger partial charge in [0.05, 0.1) is 19.6 Å². The van der Waals surface area contributed by atoms with E-state index >= 15 is 0 Å². The zero-order chi connectivity index (χ0) is 19.9. The molecule has 1 heterocycles. The van der Waals surface area contributed by atoms with Crippen molar-refractivity contribution in [2.24, 2.45) is 0 Å². The highest BCUT2D eigenvalue weighted by Crippen LogP contribution is 2.08. The van der Waals surface area contributed by atoms with Gasteiger partial charge in [-0.25, -0.2) is 4.39 Å². The highest BCUT2D eigenvalue weighted by atomic mass is 19.1. The van der Waals surface area contributed by atoms with Crippen LogP contribution in [0, 0.1) is 12.7 Å². The van der Waals surface area contributed by atoms with Crippen molar-refractivity contribution in [3.63, 3.8) is 0 Å². The van der Waals surface area contributed by atoms with Crippen molar-refractivity contribution in [1.29, 1.82) is 0 Å². The van der Waals surface area contributed by atoms with Crippen LogP contribution in [0.1, 0.15) is 52.0 Å². The molecule has 148 valence electrons. The summed E-state index contributed by atoms with van der Waals surface area (Å²) in [4.78, 5) is 26.0. The van der Waals surface area contributed by atoms with Gasteiger partial charge in [-0.2, -0.15) is 0 Å². The molecule has 0 atom stereocenters. The zero-order valence-corrected chi connectivity index (χ0v) is 16.3. The average molecular weight is 383 g/mol. The number of likely N-dealkylation sites (tertiary alicyclic amines) is 1. The molecule has 5 heteroatoms. The lowest BCUT2D eigenvalue weighted by Gasteiger charge is -2.29.